The van der Waals surface area contributed by atoms with Crippen LogP contribution >= 0.6 is 11.6 Å². The maximum atomic E-state index is 12.9. The van der Waals surface area contributed by atoms with Gasteiger partial charge >= 0.3 is 6.03 Å². The molecule has 2 aromatic carbocycles. The highest BCUT2D eigenvalue weighted by Crippen LogP contribution is 2.33. The molecule has 7 nitrogen and oxygen atoms in total. The topological polar surface area (TPSA) is 99.7 Å². The molecule has 3 amide bonds. The Kier molecular flexibility index (Phi) is 5.23. The van der Waals surface area contributed by atoms with Gasteiger partial charge in [0.1, 0.15) is 0 Å². The number of allylic oxidation sites excluding steroid dienone is 1. The van der Waals surface area contributed by atoms with Crippen molar-refractivity contribution in [3.63, 3.8) is 0 Å². The summed E-state index contributed by atoms with van der Waals surface area (Å²) in [6.07, 6.45) is 0. The first-order chi connectivity index (χ1) is 12.9. The zero-order chi connectivity index (χ0) is 19.6. The number of methoxy groups -OCH3 is 1. The summed E-state index contributed by atoms with van der Waals surface area (Å²) in [5, 5.41) is 18.5. The van der Waals surface area contributed by atoms with Crippen LogP contribution in [0.1, 0.15) is 18.5 Å². The van der Waals surface area contributed by atoms with Gasteiger partial charge in [-0.3, -0.25) is 4.79 Å². The third kappa shape index (κ3) is 3.98. The maximum absolute atomic E-state index is 12.9. The molecule has 8 heteroatoms. The molecule has 0 bridgehead atoms. The van der Waals surface area contributed by atoms with E-state index >= 15 is 0 Å². The number of amides is 3. The number of rotatable bonds is 4. The van der Waals surface area contributed by atoms with Crippen molar-refractivity contribution in [3.05, 3.63) is 64.3 Å². The molecular weight excluding hydrogens is 370 g/mol. The number of phenols is 1. The van der Waals surface area contributed by atoms with E-state index in [9.17, 15) is 14.7 Å². The van der Waals surface area contributed by atoms with Crippen molar-refractivity contribution in [2.24, 2.45) is 0 Å². The molecule has 2 aromatic rings. The van der Waals surface area contributed by atoms with Crippen LogP contribution in [0.25, 0.3) is 0 Å². The number of carbonyl (C=O) groups is 2. The number of carbonyl (C=O) groups excluding carboxylic acids is 2. The summed E-state index contributed by atoms with van der Waals surface area (Å²) >= 11 is 5.87. The minimum Gasteiger partial charge on any atom is -0.504 e. The van der Waals surface area contributed by atoms with Crippen LogP contribution < -0.4 is 20.7 Å². The fraction of sp³-hybridized carbons (Fsp3) is 0.158. The number of halogens is 1. The van der Waals surface area contributed by atoms with E-state index in [4.69, 9.17) is 16.3 Å². The molecule has 0 aromatic heterocycles. The van der Waals surface area contributed by atoms with Gasteiger partial charge in [-0.15, -0.1) is 0 Å². The fourth-order valence-corrected chi connectivity index (χ4v) is 2.98. The summed E-state index contributed by atoms with van der Waals surface area (Å²) in [7, 11) is 1.43. The van der Waals surface area contributed by atoms with Gasteiger partial charge in [-0.2, -0.15) is 0 Å². The maximum Gasteiger partial charge on any atom is 0.319 e. The second-order valence-electron chi connectivity index (χ2n) is 5.96. The van der Waals surface area contributed by atoms with Gasteiger partial charge < -0.3 is 25.8 Å². The Morgan fingerprint density at radius 2 is 1.93 bits per heavy atom. The van der Waals surface area contributed by atoms with Gasteiger partial charge in [0, 0.05) is 16.4 Å². The lowest BCUT2D eigenvalue weighted by Gasteiger charge is -2.29. The molecule has 140 valence electrons. The molecule has 0 saturated carbocycles. The summed E-state index contributed by atoms with van der Waals surface area (Å²) in [5.41, 5.74) is 1.95. The van der Waals surface area contributed by atoms with Gasteiger partial charge in [0.15, 0.2) is 11.5 Å². The van der Waals surface area contributed by atoms with E-state index < -0.39 is 12.1 Å². The molecule has 0 radical (unpaired) electrons. The average Bonchev–Trinajstić information content (AvgIpc) is 2.63. The third-order valence-corrected chi connectivity index (χ3v) is 4.40. The number of ether oxygens (including phenoxy) is 1. The Bertz CT molecular complexity index is 925. The van der Waals surface area contributed by atoms with Crippen molar-refractivity contribution in [3.8, 4) is 11.5 Å². The highest BCUT2D eigenvalue weighted by atomic mass is 35.5. The van der Waals surface area contributed by atoms with E-state index in [1.165, 1.54) is 13.2 Å². The molecule has 3 rings (SSSR count). The normalized spacial score (nSPS) is 16.4. The number of nitrogens with one attached hydrogen (secondary N) is 3. The Hall–Kier alpha value is -3.19. The SMILES string of the molecule is COc1cc([C@H]2NC(=O)NC(C)=C2C(=O)Nc2ccc(Cl)cc2)ccc1O. The van der Waals surface area contributed by atoms with Gasteiger partial charge in [0.2, 0.25) is 0 Å². The van der Waals surface area contributed by atoms with Gasteiger partial charge in [0.05, 0.1) is 18.7 Å². The van der Waals surface area contributed by atoms with Crippen LogP contribution in [-0.2, 0) is 4.79 Å². The van der Waals surface area contributed by atoms with Crippen molar-refractivity contribution in [2.75, 3.05) is 12.4 Å². The van der Waals surface area contributed by atoms with Crippen molar-refractivity contribution in [2.45, 2.75) is 13.0 Å². The number of anilines is 1. The van der Waals surface area contributed by atoms with Gasteiger partial charge in [0.25, 0.3) is 5.91 Å². The zero-order valence-corrected chi connectivity index (χ0v) is 15.4. The predicted molar refractivity (Wildman–Crippen MR) is 102 cm³/mol. The molecule has 0 aliphatic carbocycles. The van der Waals surface area contributed by atoms with E-state index in [1.807, 2.05) is 0 Å². The lowest BCUT2D eigenvalue weighted by atomic mass is 9.94. The minimum absolute atomic E-state index is 0.0330. The number of aromatic hydroxyl groups is 1. The molecule has 1 heterocycles. The van der Waals surface area contributed by atoms with Gasteiger partial charge in [-0.25, -0.2) is 4.79 Å². The molecule has 0 saturated heterocycles. The van der Waals surface area contributed by atoms with E-state index in [2.05, 4.69) is 16.0 Å². The monoisotopic (exact) mass is 387 g/mol. The van der Waals surface area contributed by atoms with E-state index in [1.54, 1.807) is 43.3 Å². The van der Waals surface area contributed by atoms with E-state index in [-0.39, 0.29) is 17.4 Å². The molecule has 1 aliphatic rings. The first-order valence-corrected chi connectivity index (χ1v) is 8.49. The fourth-order valence-electron chi connectivity index (χ4n) is 2.85. The molecule has 1 aliphatic heterocycles. The minimum atomic E-state index is -0.708. The van der Waals surface area contributed by atoms with E-state index in [0.29, 0.717) is 27.5 Å². The molecule has 1 atom stereocenters. The predicted octanol–water partition coefficient (Wildman–Crippen LogP) is 3.32. The van der Waals surface area contributed by atoms with E-state index in [0.717, 1.165) is 0 Å². The van der Waals surface area contributed by atoms with Crippen LogP contribution in [0, 0.1) is 0 Å². The Morgan fingerprint density at radius 3 is 2.59 bits per heavy atom. The first kappa shape index (κ1) is 18.6. The van der Waals surface area contributed by atoms with Crippen molar-refractivity contribution >= 4 is 29.2 Å². The van der Waals surface area contributed by atoms with Crippen LogP contribution in [0.15, 0.2) is 53.7 Å². The lowest BCUT2D eigenvalue weighted by molar-refractivity contribution is -0.113. The zero-order valence-electron chi connectivity index (χ0n) is 14.7. The summed E-state index contributed by atoms with van der Waals surface area (Å²) in [5.74, 6) is -0.163. The number of phenolic OH excluding ortho intramolecular Hbond substituents is 1. The van der Waals surface area contributed by atoms with Gasteiger partial charge in [-0.1, -0.05) is 17.7 Å². The van der Waals surface area contributed by atoms with Crippen molar-refractivity contribution < 1.29 is 19.4 Å². The van der Waals surface area contributed by atoms with Crippen LogP contribution in [-0.4, -0.2) is 24.2 Å². The van der Waals surface area contributed by atoms with Gasteiger partial charge in [-0.05, 0) is 48.9 Å². The third-order valence-electron chi connectivity index (χ3n) is 4.15. The molecule has 0 spiro atoms. The Balaban J connectivity index is 1.96. The molecule has 4 N–H and O–H groups in total. The summed E-state index contributed by atoms with van der Waals surface area (Å²) in [4.78, 5) is 24.9. The van der Waals surface area contributed by atoms with Crippen LogP contribution in [0.2, 0.25) is 5.02 Å². The number of urea groups is 1. The van der Waals surface area contributed by atoms with Crippen LogP contribution in [0.5, 0.6) is 11.5 Å². The quantitative estimate of drug-likeness (QED) is 0.646. The Labute approximate surface area is 161 Å². The second-order valence-corrected chi connectivity index (χ2v) is 6.40. The Morgan fingerprint density at radius 1 is 1.22 bits per heavy atom. The standard InChI is InChI=1S/C19H18ClN3O4/c1-10-16(18(25)22-13-6-4-12(20)5-7-13)17(23-19(26)21-10)11-3-8-14(24)15(9-11)27-2/h3-9,17,24H,1-2H3,(H,22,25)(H2,21,23,26)/t17-/m1/s1. The summed E-state index contributed by atoms with van der Waals surface area (Å²) in [6, 6.07) is 10.2. The number of benzene rings is 2. The average molecular weight is 388 g/mol. The van der Waals surface area contributed by atoms with Crippen LogP contribution in [0.3, 0.4) is 0 Å². The lowest BCUT2D eigenvalue weighted by Crippen LogP contribution is -2.45. The smallest absolute Gasteiger partial charge is 0.319 e. The molecule has 27 heavy (non-hydrogen) atoms. The first-order valence-electron chi connectivity index (χ1n) is 8.11. The largest absolute Gasteiger partial charge is 0.504 e. The number of hydrogen-bond donors (Lipinski definition) is 4. The van der Waals surface area contributed by atoms with Crippen LogP contribution in [0.4, 0.5) is 10.5 Å². The number of hydrogen-bond acceptors (Lipinski definition) is 4. The van der Waals surface area contributed by atoms with Crippen molar-refractivity contribution in [1.29, 1.82) is 0 Å². The van der Waals surface area contributed by atoms with Crippen molar-refractivity contribution in [1.82, 2.24) is 10.6 Å². The summed E-state index contributed by atoms with van der Waals surface area (Å²) in [6.45, 7) is 1.65. The summed E-state index contributed by atoms with van der Waals surface area (Å²) < 4.78 is 5.13. The highest BCUT2D eigenvalue weighted by Gasteiger charge is 2.31. The molecular formula is C19H18ClN3O4. The second kappa shape index (κ2) is 7.59. The molecule has 0 fully saturated rings. The highest BCUT2D eigenvalue weighted by molar-refractivity contribution is 6.30. The molecule has 0 unspecified atom stereocenters.